The first-order chi connectivity index (χ1) is 12.1. The fourth-order valence-electron chi connectivity index (χ4n) is 3.92. The van der Waals surface area contributed by atoms with Gasteiger partial charge >= 0.3 is 6.03 Å². The van der Waals surface area contributed by atoms with Gasteiger partial charge < -0.3 is 25.4 Å². The minimum absolute atomic E-state index is 0.112. The van der Waals surface area contributed by atoms with Gasteiger partial charge in [-0.3, -0.25) is 10.6 Å². The molecule has 2 amide bonds. The fraction of sp³-hybridized carbons (Fsp3) is 0.941. The van der Waals surface area contributed by atoms with Crippen molar-refractivity contribution >= 4 is 6.03 Å². The lowest BCUT2D eigenvalue weighted by atomic mass is 9.90. The number of fused-ring (bicyclic) bond motifs is 1. The van der Waals surface area contributed by atoms with Crippen molar-refractivity contribution in [1.82, 2.24) is 26.6 Å². The predicted molar refractivity (Wildman–Crippen MR) is 95.0 cm³/mol. The van der Waals surface area contributed by atoms with Gasteiger partial charge in [-0.15, -0.1) is 0 Å². The SMILES string of the molecule is CCCNC1CC(C)NC(NC(=O)NC2CCC3OCCOC3C2)N1. The van der Waals surface area contributed by atoms with Gasteiger partial charge in [0, 0.05) is 12.1 Å². The van der Waals surface area contributed by atoms with Crippen LogP contribution in [0, 0.1) is 0 Å². The van der Waals surface area contributed by atoms with Gasteiger partial charge in [-0.05, 0) is 45.6 Å². The zero-order valence-electron chi connectivity index (χ0n) is 15.3. The van der Waals surface area contributed by atoms with Gasteiger partial charge in [0.1, 0.15) is 6.29 Å². The summed E-state index contributed by atoms with van der Waals surface area (Å²) in [7, 11) is 0. The van der Waals surface area contributed by atoms with E-state index in [1.165, 1.54) is 0 Å². The molecule has 144 valence electrons. The van der Waals surface area contributed by atoms with Crippen LogP contribution in [0.15, 0.2) is 0 Å². The van der Waals surface area contributed by atoms with Crippen LogP contribution in [-0.4, -0.2) is 62.5 Å². The van der Waals surface area contributed by atoms with E-state index < -0.39 is 0 Å². The monoisotopic (exact) mass is 355 g/mol. The molecule has 3 aliphatic rings. The Kier molecular flexibility index (Phi) is 6.89. The summed E-state index contributed by atoms with van der Waals surface area (Å²) in [6, 6.07) is 0.329. The molecule has 8 heteroatoms. The van der Waals surface area contributed by atoms with Crippen molar-refractivity contribution in [1.29, 1.82) is 0 Å². The average Bonchev–Trinajstić information content (AvgIpc) is 2.59. The lowest BCUT2D eigenvalue weighted by molar-refractivity contribution is -0.157. The molecule has 0 bridgehead atoms. The quantitative estimate of drug-likeness (QED) is 0.484. The van der Waals surface area contributed by atoms with Crippen molar-refractivity contribution in [3.05, 3.63) is 0 Å². The number of amides is 2. The van der Waals surface area contributed by atoms with Crippen LogP contribution < -0.4 is 26.6 Å². The molecule has 6 atom stereocenters. The maximum Gasteiger partial charge on any atom is 0.317 e. The third-order valence-corrected chi connectivity index (χ3v) is 5.14. The van der Waals surface area contributed by atoms with Crippen LogP contribution >= 0.6 is 0 Å². The highest BCUT2D eigenvalue weighted by Gasteiger charge is 2.35. The van der Waals surface area contributed by atoms with E-state index in [1.54, 1.807) is 0 Å². The van der Waals surface area contributed by atoms with Gasteiger partial charge in [0.25, 0.3) is 0 Å². The summed E-state index contributed by atoms with van der Waals surface area (Å²) in [4.78, 5) is 12.4. The highest BCUT2D eigenvalue weighted by atomic mass is 16.6. The molecule has 0 spiro atoms. The molecular weight excluding hydrogens is 322 g/mol. The maximum absolute atomic E-state index is 12.4. The Hall–Kier alpha value is -0.930. The van der Waals surface area contributed by atoms with Gasteiger partial charge in [0.15, 0.2) is 0 Å². The van der Waals surface area contributed by atoms with E-state index in [4.69, 9.17) is 9.47 Å². The summed E-state index contributed by atoms with van der Waals surface area (Å²) < 4.78 is 11.5. The minimum atomic E-state index is -0.233. The molecule has 8 nitrogen and oxygen atoms in total. The Bertz CT molecular complexity index is 439. The Labute approximate surface area is 150 Å². The van der Waals surface area contributed by atoms with E-state index in [2.05, 4.69) is 40.4 Å². The van der Waals surface area contributed by atoms with E-state index in [0.29, 0.717) is 19.3 Å². The number of rotatable bonds is 5. The largest absolute Gasteiger partial charge is 0.373 e. The Morgan fingerprint density at radius 2 is 1.88 bits per heavy atom. The molecule has 3 rings (SSSR count). The summed E-state index contributed by atoms with van der Waals surface area (Å²) in [6.07, 6.45) is 5.06. The van der Waals surface area contributed by atoms with Crippen LogP contribution in [0.5, 0.6) is 0 Å². The van der Waals surface area contributed by atoms with Crippen molar-refractivity contribution in [2.24, 2.45) is 0 Å². The van der Waals surface area contributed by atoms with Gasteiger partial charge in [-0.2, -0.15) is 0 Å². The predicted octanol–water partition coefficient (Wildman–Crippen LogP) is 0.203. The molecule has 5 N–H and O–H groups in total. The summed E-state index contributed by atoms with van der Waals surface area (Å²) >= 11 is 0. The highest BCUT2D eigenvalue weighted by molar-refractivity contribution is 5.74. The van der Waals surface area contributed by atoms with Crippen LogP contribution in [0.3, 0.4) is 0 Å². The second-order valence-corrected chi connectivity index (χ2v) is 7.36. The number of nitrogens with one attached hydrogen (secondary N) is 5. The molecule has 1 aliphatic carbocycles. The molecule has 2 heterocycles. The molecule has 6 unspecified atom stereocenters. The molecule has 0 aromatic heterocycles. The normalized spacial score (nSPS) is 38.6. The summed E-state index contributed by atoms with van der Waals surface area (Å²) in [6.45, 7) is 6.59. The van der Waals surface area contributed by atoms with Crippen molar-refractivity contribution in [3.63, 3.8) is 0 Å². The Morgan fingerprint density at radius 3 is 2.68 bits per heavy atom. The van der Waals surface area contributed by atoms with Gasteiger partial charge in [-0.1, -0.05) is 6.92 Å². The number of urea groups is 1. The lowest BCUT2D eigenvalue weighted by Crippen LogP contribution is -2.68. The average molecular weight is 355 g/mol. The summed E-state index contributed by atoms with van der Waals surface area (Å²) in [5, 5.41) is 16.3. The van der Waals surface area contributed by atoms with Crippen LogP contribution in [-0.2, 0) is 9.47 Å². The summed E-state index contributed by atoms with van der Waals surface area (Å²) in [5.41, 5.74) is 0. The first-order valence-corrected chi connectivity index (χ1v) is 9.69. The first kappa shape index (κ1) is 18.8. The second-order valence-electron chi connectivity index (χ2n) is 7.36. The fourth-order valence-corrected chi connectivity index (χ4v) is 3.92. The molecule has 2 saturated heterocycles. The molecule has 0 radical (unpaired) electrons. The van der Waals surface area contributed by atoms with Crippen molar-refractivity contribution in [2.75, 3.05) is 19.8 Å². The zero-order chi connectivity index (χ0) is 17.6. The third-order valence-electron chi connectivity index (χ3n) is 5.14. The van der Waals surface area contributed by atoms with Gasteiger partial charge in [-0.25, -0.2) is 4.79 Å². The van der Waals surface area contributed by atoms with Crippen molar-refractivity contribution < 1.29 is 14.3 Å². The summed E-state index contributed by atoms with van der Waals surface area (Å²) in [5.74, 6) is 0. The molecule has 1 saturated carbocycles. The second kappa shape index (κ2) is 9.14. The van der Waals surface area contributed by atoms with Crippen LogP contribution in [0.4, 0.5) is 4.79 Å². The van der Waals surface area contributed by atoms with Gasteiger partial charge in [0.05, 0.1) is 31.6 Å². The number of hydrogen-bond donors (Lipinski definition) is 5. The third kappa shape index (κ3) is 5.52. The van der Waals surface area contributed by atoms with E-state index in [9.17, 15) is 4.79 Å². The molecule has 0 aromatic carbocycles. The van der Waals surface area contributed by atoms with E-state index in [0.717, 1.165) is 38.6 Å². The molecule has 3 fully saturated rings. The van der Waals surface area contributed by atoms with Crippen LogP contribution in [0.2, 0.25) is 0 Å². The number of carbonyl (C=O) groups is 1. The maximum atomic E-state index is 12.4. The van der Waals surface area contributed by atoms with Crippen LogP contribution in [0.1, 0.15) is 46.0 Å². The Balaban J connectivity index is 1.42. The van der Waals surface area contributed by atoms with E-state index in [1.807, 2.05) is 0 Å². The first-order valence-electron chi connectivity index (χ1n) is 9.69. The smallest absolute Gasteiger partial charge is 0.317 e. The topological polar surface area (TPSA) is 95.7 Å². The Morgan fingerprint density at radius 1 is 1.08 bits per heavy atom. The van der Waals surface area contributed by atoms with E-state index in [-0.39, 0.29) is 36.7 Å². The van der Waals surface area contributed by atoms with Gasteiger partial charge in [0.2, 0.25) is 0 Å². The molecule has 0 aromatic rings. The zero-order valence-corrected chi connectivity index (χ0v) is 15.3. The van der Waals surface area contributed by atoms with E-state index >= 15 is 0 Å². The number of hydrogen-bond acceptors (Lipinski definition) is 6. The highest BCUT2D eigenvalue weighted by Crippen LogP contribution is 2.26. The molecule has 2 aliphatic heterocycles. The minimum Gasteiger partial charge on any atom is -0.373 e. The number of carbonyl (C=O) groups excluding carboxylic acids is 1. The van der Waals surface area contributed by atoms with Crippen molar-refractivity contribution in [3.8, 4) is 0 Å². The number of ether oxygens (including phenoxy) is 2. The lowest BCUT2D eigenvalue weighted by Gasteiger charge is -2.40. The molecule has 25 heavy (non-hydrogen) atoms. The van der Waals surface area contributed by atoms with Crippen molar-refractivity contribution in [2.45, 2.75) is 82.7 Å². The van der Waals surface area contributed by atoms with Crippen LogP contribution in [0.25, 0.3) is 0 Å². The molecular formula is C17H33N5O3. The standard InChI is InChI=1S/C17H33N5O3/c1-3-6-18-15-9-11(2)19-16(21-15)22-17(23)20-12-4-5-13-14(10-12)25-8-7-24-13/h11-16,18-19,21H,3-10H2,1-2H3,(H2,20,22,23).